The number of hydrogen-bond donors (Lipinski definition) is 0. The molecule has 1 aromatic rings. The predicted molar refractivity (Wildman–Crippen MR) is 56.9 cm³/mol. The van der Waals surface area contributed by atoms with Crippen LogP contribution in [-0.4, -0.2) is 12.6 Å². The second kappa shape index (κ2) is 5.08. The lowest BCUT2D eigenvalue weighted by atomic mass is 9.99. The van der Waals surface area contributed by atoms with Gasteiger partial charge in [0.15, 0.2) is 0 Å². The standard InChI is InChI=1S/C12H10F3NO2/c1-3-18-11(17)8-4-9(6-16)7(2)10(5-8)12(13,14)15/h4-5H,3H2,1-2H3. The fourth-order valence-corrected chi connectivity index (χ4v) is 1.46. The maximum absolute atomic E-state index is 12.7. The zero-order valence-electron chi connectivity index (χ0n) is 9.76. The SMILES string of the molecule is CCOC(=O)c1cc(C#N)c(C)c(C(F)(F)F)c1. The number of nitriles is 1. The van der Waals surface area contributed by atoms with Gasteiger partial charge in [-0.25, -0.2) is 4.79 Å². The second-order valence-electron chi connectivity index (χ2n) is 3.53. The molecule has 0 saturated heterocycles. The van der Waals surface area contributed by atoms with Gasteiger partial charge in [-0.05, 0) is 31.5 Å². The van der Waals surface area contributed by atoms with Crippen molar-refractivity contribution in [1.29, 1.82) is 5.26 Å². The minimum atomic E-state index is -4.61. The summed E-state index contributed by atoms with van der Waals surface area (Å²) in [5.74, 6) is -0.875. The molecule has 0 unspecified atom stereocenters. The molecule has 0 amide bonds. The molecule has 1 rings (SSSR count). The lowest BCUT2D eigenvalue weighted by Crippen LogP contribution is -2.13. The highest BCUT2D eigenvalue weighted by Crippen LogP contribution is 2.34. The van der Waals surface area contributed by atoms with Crippen LogP contribution < -0.4 is 0 Å². The summed E-state index contributed by atoms with van der Waals surface area (Å²) < 4.78 is 42.8. The van der Waals surface area contributed by atoms with Crippen molar-refractivity contribution in [1.82, 2.24) is 0 Å². The van der Waals surface area contributed by atoms with E-state index < -0.39 is 17.7 Å². The van der Waals surface area contributed by atoms with Gasteiger partial charge >= 0.3 is 12.1 Å². The molecule has 0 aliphatic rings. The molecule has 0 aliphatic carbocycles. The van der Waals surface area contributed by atoms with E-state index in [2.05, 4.69) is 4.74 Å². The van der Waals surface area contributed by atoms with Crippen molar-refractivity contribution in [3.63, 3.8) is 0 Å². The van der Waals surface area contributed by atoms with Crippen molar-refractivity contribution in [2.24, 2.45) is 0 Å². The Hall–Kier alpha value is -2.03. The molecule has 0 spiro atoms. The van der Waals surface area contributed by atoms with Crippen LogP contribution in [-0.2, 0) is 10.9 Å². The summed E-state index contributed by atoms with van der Waals surface area (Å²) >= 11 is 0. The molecular weight excluding hydrogens is 247 g/mol. The topological polar surface area (TPSA) is 50.1 Å². The number of alkyl halides is 3. The number of carbonyl (C=O) groups is 1. The molecule has 0 radical (unpaired) electrons. The first-order valence-electron chi connectivity index (χ1n) is 5.10. The highest BCUT2D eigenvalue weighted by atomic mass is 19.4. The Morgan fingerprint density at radius 3 is 2.50 bits per heavy atom. The van der Waals surface area contributed by atoms with Gasteiger partial charge in [0.05, 0.1) is 29.4 Å². The van der Waals surface area contributed by atoms with Gasteiger partial charge in [-0.3, -0.25) is 0 Å². The monoisotopic (exact) mass is 257 g/mol. The molecule has 0 fully saturated rings. The summed E-state index contributed by atoms with van der Waals surface area (Å²) in [6.45, 7) is 2.79. The van der Waals surface area contributed by atoms with Crippen LogP contribution in [0.3, 0.4) is 0 Å². The third-order valence-corrected chi connectivity index (χ3v) is 2.34. The highest BCUT2D eigenvalue weighted by molar-refractivity contribution is 5.90. The van der Waals surface area contributed by atoms with E-state index in [0.29, 0.717) is 6.07 Å². The third kappa shape index (κ3) is 2.80. The van der Waals surface area contributed by atoms with E-state index in [9.17, 15) is 18.0 Å². The number of benzene rings is 1. The van der Waals surface area contributed by atoms with Gasteiger partial charge in [0.25, 0.3) is 0 Å². The molecule has 18 heavy (non-hydrogen) atoms. The molecule has 0 atom stereocenters. The van der Waals surface area contributed by atoms with Gasteiger partial charge in [-0.15, -0.1) is 0 Å². The van der Waals surface area contributed by atoms with Crippen LogP contribution in [0.1, 0.15) is 34.0 Å². The highest BCUT2D eigenvalue weighted by Gasteiger charge is 2.34. The number of esters is 1. The number of carbonyl (C=O) groups excluding carboxylic acids is 1. The van der Waals surface area contributed by atoms with E-state index in [1.54, 1.807) is 13.0 Å². The molecule has 96 valence electrons. The van der Waals surface area contributed by atoms with Crippen molar-refractivity contribution in [2.45, 2.75) is 20.0 Å². The molecule has 6 heteroatoms. The Kier molecular flexibility index (Phi) is 3.96. The fraction of sp³-hybridized carbons (Fsp3) is 0.333. The molecule has 0 aliphatic heterocycles. The van der Waals surface area contributed by atoms with Crippen molar-refractivity contribution in [3.05, 3.63) is 34.4 Å². The lowest BCUT2D eigenvalue weighted by molar-refractivity contribution is -0.138. The first-order chi connectivity index (χ1) is 8.31. The largest absolute Gasteiger partial charge is 0.462 e. The average molecular weight is 257 g/mol. The number of nitrogens with zero attached hydrogens (tertiary/aromatic N) is 1. The molecule has 0 N–H and O–H groups in total. The Morgan fingerprint density at radius 1 is 1.44 bits per heavy atom. The minimum absolute atomic E-state index is 0.0515. The summed E-state index contributed by atoms with van der Waals surface area (Å²) in [5, 5.41) is 8.78. The maximum atomic E-state index is 12.7. The smallest absolute Gasteiger partial charge is 0.416 e. The molecule has 0 aromatic heterocycles. The number of hydrogen-bond acceptors (Lipinski definition) is 3. The summed E-state index contributed by atoms with van der Waals surface area (Å²) in [4.78, 5) is 11.4. The quantitative estimate of drug-likeness (QED) is 0.765. The molecule has 1 aromatic carbocycles. The van der Waals surface area contributed by atoms with Gasteiger partial charge in [0.2, 0.25) is 0 Å². The van der Waals surface area contributed by atoms with E-state index in [4.69, 9.17) is 5.26 Å². The predicted octanol–water partition coefficient (Wildman–Crippen LogP) is 3.06. The second-order valence-corrected chi connectivity index (χ2v) is 3.53. The first-order valence-corrected chi connectivity index (χ1v) is 5.10. The zero-order chi connectivity index (χ0) is 13.9. The van der Waals surface area contributed by atoms with Crippen LogP contribution in [0.5, 0.6) is 0 Å². The molecule has 0 bridgehead atoms. The van der Waals surface area contributed by atoms with E-state index in [1.165, 1.54) is 6.92 Å². The van der Waals surface area contributed by atoms with E-state index in [-0.39, 0.29) is 23.3 Å². The van der Waals surface area contributed by atoms with E-state index >= 15 is 0 Å². The Labute approximate surface area is 102 Å². The Bertz CT molecular complexity index is 515. The summed E-state index contributed by atoms with van der Waals surface area (Å²) in [5.41, 5.74) is -1.65. The van der Waals surface area contributed by atoms with E-state index in [1.807, 2.05) is 0 Å². The number of halogens is 3. The first kappa shape index (κ1) is 14.0. The van der Waals surface area contributed by atoms with E-state index in [0.717, 1.165) is 6.07 Å². The van der Waals surface area contributed by atoms with Gasteiger partial charge in [0.1, 0.15) is 0 Å². The van der Waals surface area contributed by atoms with Gasteiger partial charge < -0.3 is 4.74 Å². The van der Waals surface area contributed by atoms with Gasteiger partial charge in [-0.1, -0.05) is 0 Å². The molecular formula is C12H10F3NO2. The molecule has 0 heterocycles. The van der Waals surface area contributed by atoms with Crippen molar-refractivity contribution in [2.75, 3.05) is 6.61 Å². The van der Waals surface area contributed by atoms with Crippen molar-refractivity contribution >= 4 is 5.97 Å². The third-order valence-electron chi connectivity index (χ3n) is 2.34. The fourth-order valence-electron chi connectivity index (χ4n) is 1.46. The van der Waals surface area contributed by atoms with Crippen LogP contribution in [0, 0.1) is 18.3 Å². The average Bonchev–Trinajstić information content (AvgIpc) is 2.28. The Balaban J connectivity index is 3.41. The minimum Gasteiger partial charge on any atom is -0.462 e. The van der Waals surface area contributed by atoms with Gasteiger partial charge in [-0.2, -0.15) is 18.4 Å². The number of ether oxygens (including phenoxy) is 1. The zero-order valence-corrected chi connectivity index (χ0v) is 9.76. The lowest BCUT2D eigenvalue weighted by Gasteiger charge is -2.13. The van der Waals surface area contributed by atoms with Crippen LogP contribution in [0.25, 0.3) is 0 Å². The number of rotatable bonds is 2. The molecule has 0 saturated carbocycles. The maximum Gasteiger partial charge on any atom is 0.416 e. The van der Waals surface area contributed by atoms with Crippen molar-refractivity contribution in [3.8, 4) is 6.07 Å². The van der Waals surface area contributed by atoms with Crippen LogP contribution >= 0.6 is 0 Å². The Morgan fingerprint density at radius 2 is 2.06 bits per heavy atom. The molecule has 3 nitrogen and oxygen atoms in total. The van der Waals surface area contributed by atoms with Crippen LogP contribution in [0.2, 0.25) is 0 Å². The summed E-state index contributed by atoms with van der Waals surface area (Å²) in [6, 6.07) is 3.44. The normalized spacial score (nSPS) is 10.9. The van der Waals surface area contributed by atoms with Crippen LogP contribution in [0.15, 0.2) is 12.1 Å². The van der Waals surface area contributed by atoms with Gasteiger partial charge in [0, 0.05) is 0 Å². The summed E-state index contributed by atoms with van der Waals surface area (Å²) in [7, 11) is 0. The van der Waals surface area contributed by atoms with Crippen molar-refractivity contribution < 1.29 is 22.7 Å². The van der Waals surface area contributed by atoms with Crippen LogP contribution in [0.4, 0.5) is 13.2 Å². The summed E-state index contributed by atoms with van der Waals surface area (Å²) in [6.07, 6.45) is -4.61.